The maximum absolute atomic E-state index is 11.2. The molecule has 1 unspecified atom stereocenters. The lowest BCUT2D eigenvalue weighted by Gasteiger charge is -2.23. The van der Waals surface area contributed by atoms with Crippen molar-refractivity contribution in [1.29, 1.82) is 0 Å². The number of primary amides is 1. The number of halogens is 1. The number of urea groups is 1. The van der Waals surface area contributed by atoms with E-state index in [1.54, 1.807) is 4.90 Å². The van der Waals surface area contributed by atoms with Crippen LogP contribution in [-0.2, 0) is 0 Å². The van der Waals surface area contributed by atoms with E-state index < -0.39 is 6.10 Å². The Balaban J connectivity index is 1.91. The summed E-state index contributed by atoms with van der Waals surface area (Å²) in [7, 11) is 0. The van der Waals surface area contributed by atoms with Gasteiger partial charge >= 0.3 is 6.03 Å². The summed E-state index contributed by atoms with van der Waals surface area (Å²) in [5, 5.41) is 10.3. The van der Waals surface area contributed by atoms with Gasteiger partial charge in [0.15, 0.2) is 0 Å². The lowest BCUT2D eigenvalue weighted by Crippen LogP contribution is -2.39. The topological polar surface area (TPSA) is 69.8 Å². The summed E-state index contributed by atoms with van der Waals surface area (Å²) in [5.41, 5.74) is 6.20. The van der Waals surface area contributed by atoms with Crippen LogP contribution < -0.4 is 5.73 Å². The van der Waals surface area contributed by atoms with Gasteiger partial charge in [0.2, 0.25) is 0 Å². The first-order valence-corrected chi connectivity index (χ1v) is 7.56. The molecule has 1 aromatic carbocycles. The largest absolute Gasteiger partial charge is 0.387 e. The third-order valence-corrected chi connectivity index (χ3v) is 4.06. The van der Waals surface area contributed by atoms with Crippen molar-refractivity contribution >= 4 is 22.0 Å². The molecule has 2 amide bonds. The second-order valence-corrected chi connectivity index (χ2v) is 5.97. The third-order valence-electron chi connectivity index (χ3n) is 3.56. The van der Waals surface area contributed by atoms with Crippen molar-refractivity contribution in [3.63, 3.8) is 0 Å². The number of amides is 2. The SMILES string of the molecule is NC(=O)N1CCCN(CC(O)c2cccc(Br)c2)CC1. The molecule has 0 aromatic heterocycles. The van der Waals surface area contributed by atoms with E-state index in [0.717, 1.165) is 29.5 Å². The van der Waals surface area contributed by atoms with Crippen LogP contribution in [0.25, 0.3) is 0 Å². The molecule has 110 valence electrons. The number of hydrogen-bond acceptors (Lipinski definition) is 3. The van der Waals surface area contributed by atoms with Crippen molar-refractivity contribution in [1.82, 2.24) is 9.80 Å². The highest BCUT2D eigenvalue weighted by Crippen LogP contribution is 2.19. The Labute approximate surface area is 127 Å². The Kier molecular flexibility index (Phi) is 5.39. The Morgan fingerprint density at radius 3 is 2.85 bits per heavy atom. The van der Waals surface area contributed by atoms with Crippen LogP contribution >= 0.6 is 15.9 Å². The normalized spacial score (nSPS) is 18.6. The van der Waals surface area contributed by atoms with E-state index in [0.29, 0.717) is 19.6 Å². The summed E-state index contributed by atoms with van der Waals surface area (Å²) in [6.45, 7) is 3.51. The molecule has 1 atom stereocenters. The summed E-state index contributed by atoms with van der Waals surface area (Å²) in [6, 6.07) is 7.34. The van der Waals surface area contributed by atoms with E-state index in [-0.39, 0.29) is 6.03 Å². The minimum atomic E-state index is -0.521. The van der Waals surface area contributed by atoms with Gasteiger partial charge in [-0.05, 0) is 24.1 Å². The monoisotopic (exact) mass is 341 g/mol. The standard InChI is InChI=1S/C14H20BrN3O2/c15-12-4-1-3-11(9-12)13(19)10-17-5-2-6-18(8-7-17)14(16)20/h1,3-4,9,13,19H,2,5-8,10H2,(H2,16,20). The number of nitrogens with zero attached hydrogens (tertiary/aromatic N) is 2. The average molecular weight is 342 g/mol. The molecular formula is C14H20BrN3O2. The Bertz CT molecular complexity index is 469. The zero-order valence-electron chi connectivity index (χ0n) is 11.3. The zero-order chi connectivity index (χ0) is 14.5. The number of aliphatic hydroxyl groups is 1. The van der Waals surface area contributed by atoms with Crippen LogP contribution in [0.15, 0.2) is 28.7 Å². The molecule has 5 nitrogen and oxygen atoms in total. The summed E-state index contributed by atoms with van der Waals surface area (Å²) in [4.78, 5) is 15.0. The van der Waals surface area contributed by atoms with Gasteiger partial charge in [-0.15, -0.1) is 0 Å². The molecule has 1 aliphatic heterocycles. The first kappa shape index (κ1) is 15.3. The van der Waals surface area contributed by atoms with Gasteiger partial charge in [-0.25, -0.2) is 4.79 Å². The number of nitrogens with two attached hydrogens (primary N) is 1. The van der Waals surface area contributed by atoms with E-state index in [1.165, 1.54) is 0 Å². The van der Waals surface area contributed by atoms with Crippen LogP contribution in [0.5, 0.6) is 0 Å². The quantitative estimate of drug-likeness (QED) is 0.876. The number of benzene rings is 1. The number of carbonyl (C=O) groups excluding carboxylic acids is 1. The fourth-order valence-corrected chi connectivity index (χ4v) is 2.85. The second kappa shape index (κ2) is 7.06. The fourth-order valence-electron chi connectivity index (χ4n) is 2.44. The summed E-state index contributed by atoms with van der Waals surface area (Å²) < 4.78 is 0.963. The minimum absolute atomic E-state index is 0.362. The molecule has 1 aromatic rings. The first-order chi connectivity index (χ1) is 9.56. The Morgan fingerprint density at radius 2 is 2.15 bits per heavy atom. The maximum Gasteiger partial charge on any atom is 0.314 e. The third kappa shape index (κ3) is 4.19. The van der Waals surface area contributed by atoms with Gasteiger partial charge in [0.1, 0.15) is 0 Å². The molecule has 1 saturated heterocycles. The fraction of sp³-hybridized carbons (Fsp3) is 0.500. The van der Waals surface area contributed by atoms with Crippen LogP contribution in [0.3, 0.4) is 0 Å². The maximum atomic E-state index is 11.2. The smallest absolute Gasteiger partial charge is 0.314 e. The van der Waals surface area contributed by atoms with Crippen molar-refractivity contribution in [2.24, 2.45) is 5.73 Å². The van der Waals surface area contributed by atoms with E-state index in [4.69, 9.17) is 5.73 Å². The van der Waals surface area contributed by atoms with Crippen molar-refractivity contribution in [2.75, 3.05) is 32.7 Å². The Morgan fingerprint density at radius 1 is 1.35 bits per heavy atom. The molecule has 1 fully saturated rings. The summed E-state index contributed by atoms with van der Waals surface area (Å²) in [5.74, 6) is 0. The van der Waals surface area contributed by atoms with Gasteiger partial charge in [-0.1, -0.05) is 28.1 Å². The molecule has 0 bridgehead atoms. The molecule has 6 heteroatoms. The molecular weight excluding hydrogens is 322 g/mol. The molecule has 0 saturated carbocycles. The lowest BCUT2D eigenvalue weighted by molar-refractivity contribution is 0.115. The number of carbonyl (C=O) groups is 1. The van der Waals surface area contributed by atoms with E-state index in [2.05, 4.69) is 20.8 Å². The lowest BCUT2D eigenvalue weighted by atomic mass is 10.1. The van der Waals surface area contributed by atoms with Crippen LogP contribution in [-0.4, -0.2) is 53.7 Å². The predicted molar refractivity (Wildman–Crippen MR) is 81.3 cm³/mol. The number of aliphatic hydroxyl groups excluding tert-OH is 1. The zero-order valence-corrected chi connectivity index (χ0v) is 12.9. The molecule has 0 radical (unpaired) electrons. The van der Waals surface area contributed by atoms with Gasteiger partial charge < -0.3 is 15.7 Å². The van der Waals surface area contributed by atoms with Crippen LogP contribution in [0.1, 0.15) is 18.1 Å². The van der Waals surface area contributed by atoms with Crippen LogP contribution in [0.4, 0.5) is 4.79 Å². The number of rotatable bonds is 3. The van der Waals surface area contributed by atoms with Gasteiger partial charge in [0.05, 0.1) is 6.10 Å². The minimum Gasteiger partial charge on any atom is -0.387 e. The molecule has 1 aliphatic rings. The van der Waals surface area contributed by atoms with Gasteiger partial charge in [-0.3, -0.25) is 4.90 Å². The molecule has 3 N–H and O–H groups in total. The molecule has 0 spiro atoms. The summed E-state index contributed by atoms with van der Waals surface area (Å²) >= 11 is 3.41. The molecule has 1 heterocycles. The van der Waals surface area contributed by atoms with Gasteiger partial charge in [-0.2, -0.15) is 0 Å². The molecule has 2 rings (SSSR count). The van der Waals surface area contributed by atoms with Gasteiger partial charge in [0.25, 0.3) is 0 Å². The highest BCUT2D eigenvalue weighted by molar-refractivity contribution is 9.10. The van der Waals surface area contributed by atoms with E-state index >= 15 is 0 Å². The van der Waals surface area contributed by atoms with Crippen molar-refractivity contribution in [3.8, 4) is 0 Å². The van der Waals surface area contributed by atoms with E-state index in [1.807, 2.05) is 24.3 Å². The average Bonchev–Trinajstić information content (AvgIpc) is 2.64. The van der Waals surface area contributed by atoms with Crippen molar-refractivity contribution < 1.29 is 9.90 Å². The second-order valence-electron chi connectivity index (χ2n) is 5.05. The van der Waals surface area contributed by atoms with Crippen LogP contribution in [0, 0.1) is 0 Å². The van der Waals surface area contributed by atoms with Crippen molar-refractivity contribution in [2.45, 2.75) is 12.5 Å². The van der Waals surface area contributed by atoms with Gasteiger partial charge in [0, 0.05) is 37.2 Å². The number of hydrogen-bond donors (Lipinski definition) is 2. The Hall–Kier alpha value is -1.11. The molecule has 0 aliphatic carbocycles. The highest BCUT2D eigenvalue weighted by atomic mass is 79.9. The van der Waals surface area contributed by atoms with Crippen LogP contribution in [0.2, 0.25) is 0 Å². The molecule has 20 heavy (non-hydrogen) atoms. The summed E-state index contributed by atoms with van der Waals surface area (Å²) in [6.07, 6.45) is 0.362. The highest BCUT2D eigenvalue weighted by Gasteiger charge is 2.19. The first-order valence-electron chi connectivity index (χ1n) is 6.76. The number of β-amino-alcohol motifs (C(OH)–C–C–N with tert-alkyl or cyclic N) is 1. The van der Waals surface area contributed by atoms with Crippen molar-refractivity contribution in [3.05, 3.63) is 34.3 Å². The van der Waals surface area contributed by atoms with E-state index in [9.17, 15) is 9.90 Å². The predicted octanol–water partition coefficient (Wildman–Crippen LogP) is 1.57.